The SMILES string of the molecule is CC(C)C[C@H](N)C(=O)NC(C)c1ccncc1. The molecule has 0 aliphatic heterocycles. The molecule has 4 nitrogen and oxygen atoms in total. The first-order valence-corrected chi connectivity index (χ1v) is 5.96. The molecule has 4 heteroatoms. The van der Waals surface area contributed by atoms with Crippen molar-refractivity contribution in [2.24, 2.45) is 11.7 Å². The Morgan fingerprint density at radius 2 is 1.94 bits per heavy atom. The van der Waals surface area contributed by atoms with E-state index < -0.39 is 6.04 Å². The second kappa shape index (κ2) is 6.35. The number of nitrogens with one attached hydrogen (secondary N) is 1. The third kappa shape index (κ3) is 4.53. The number of pyridine rings is 1. The molecule has 0 spiro atoms. The molecule has 1 unspecified atom stereocenters. The Balaban J connectivity index is 2.51. The van der Waals surface area contributed by atoms with Gasteiger partial charge < -0.3 is 11.1 Å². The lowest BCUT2D eigenvalue weighted by molar-refractivity contribution is -0.123. The van der Waals surface area contributed by atoms with Crippen LogP contribution in [0.4, 0.5) is 0 Å². The first-order valence-electron chi connectivity index (χ1n) is 5.96. The number of hydrogen-bond acceptors (Lipinski definition) is 3. The van der Waals surface area contributed by atoms with Crippen molar-refractivity contribution < 1.29 is 4.79 Å². The molecule has 1 aromatic heterocycles. The van der Waals surface area contributed by atoms with Crippen LogP contribution < -0.4 is 11.1 Å². The molecule has 0 fully saturated rings. The fourth-order valence-corrected chi connectivity index (χ4v) is 1.67. The smallest absolute Gasteiger partial charge is 0.237 e. The molecule has 1 heterocycles. The molecule has 94 valence electrons. The summed E-state index contributed by atoms with van der Waals surface area (Å²) >= 11 is 0. The minimum Gasteiger partial charge on any atom is -0.348 e. The topological polar surface area (TPSA) is 68.0 Å². The van der Waals surface area contributed by atoms with Crippen molar-refractivity contribution in [1.29, 1.82) is 0 Å². The van der Waals surface area contributed by atoms with Crippen LogP contribution in [-0.4, -0.2) is 16.9 Å². The van der Waals surface area contributed by atoms with Crippen LogP contribution in [0.5, 0.6) is 0 Å². The van der Waals surface area contributed by atoms with Gasteiger partial charge in [0.2, 0.25) is 5.91 Å². The van der Waals surface area contributed by atoms with Crippen molar-refractivity contribution in [1.82, 2.24) is 10.3 Å². The Hall–Kier alpha value is -1.42. The molecular weight excluding hydrogens is 214 g/mol. The molecule has 0 saturated carbocycles. The van der Waals surface area contributed by atoms with Gasteiger partial charge in [0.15, 0.2) is 0 Å². The maximum Gasteiger partial charge on any atom is 0.237 e. The molecule has 0 radical (unpaired) electrons. The van der Waals surface area contributed by atoms with E-state index in [-0.39, 0.29) is 11.9 Å². The second-order valence-corrected chi connectivity index (χ2v) is 4.75. The van der Waals surface area contributed by atoms with Crippen molar-refractivity contribution >= 4 is 5.91 Å². The Morgan fingerprint density at radius 1 is 1.35 bits per heavy atom. The zero-order valence-corrected chi connectivity index (χ0v) is 10.7. The van der Waals surface area contributed by atoms with E-state index in [0.717, 1.165) is 5.56 Å². The number of carbonyl (C=O) groups is 1. The van der Waals surface area contributed by atoms with E-state index in [1.54, 1.807) is 12.4 Å². The van der Waals surface area contributed by atoms with Crippen LogP contribution in [0, 0.1) is 5.92 Å². The predicted molar refractivity (Wildman–Crippen MR) is 68.2 cm³/mol. The van der Waals surface area contributed by atoms with Crippen molar-refractivity contribution in [3.05, 3.63) is 30.1 Å². The number of amides is 1. The number of nitrogens with two attached hydrogens (primary N) is 1. The van der Waals surface area contributed by atoms with Gasteiger partial charge in [-0.1, -0.05) is 13.8 Å². The molecule has 0 bridgehead atoms. The second-order valence-electron chi connectivity index (χ2n) is 4.75. The highest BCUT2D eigenvalue weighted by Gasteiger charge is 2.17. The molecule has 1 aromatic rings. The summed E-state index contributed by atoms with van der Waals surface area (Å²) in [5, 5.41) is 2.91. The lowest BCUT2D eigenvalue weighted by Crippen LogP contribution is -2.42. The van der Waals surface area contributed by atoms with Crippen LogP contribution in [0.2, 0.25) is 0 Å². The highest BCUT2D eigenvalue weighted by Crippen LogP contribution is 2.11. The molecule has 1 rings (SSSR count). The minimum atomic E-state index is -0.431. The van der Waals surface area contributed by atoms with Crippen LogP contribution in [-0.2, 0) is 4.79 Å². The van der Waals surface area contributed by atoms with E-state index >= 15 is 0 Å². The van der Waals surface area contributed by atoms with E-state index in [4.69, 9.17) is 5.73 Å². The zero-order valence-electron chi connectivity index (χ0n) is 10.7. The first-order chi connectivity index (χ1) is 8.00. The van der Waals surface area contributed by atoms with Crippen LogP contribution >= 0.6 is 0 Å². The molecule has 0 aliphatic carbocycles. The number of rotatable bonds is 5. The quantitative estimate of drug-likeness (QED) is 0.815. The zero-order chi connectivity index (χ0) is 12.8. The summed E-state index contributed by atoms with van der Waals surface area (Å²) in [6.07, 6.45) is 4.13. The number of hydrogen-bond donors (Lipinski definition) is 2. The molecule has 0 saturated heterocycles. The molecule has 0 aromatic carbocycles. The van der Waals surface area contributed by atoms with E-state index in [9.17, 15) is 4.79 Å². The minimum absolute atomic E-state index is 0.0382. The van der Waals surface area contributed by atoms with Gasteiger partial charge in [-0.3, -0.25) is 9.78 Å². The standard InChI is InChI=1S/C13H21N3O/c1-9(2)8-12(14)13(17)16-10(3)11-4-6-15-7-5-11/h4-7,9-10,12H,8,14H2,1-3H3,(H,16,17)/t10?,12-/m0/s1. The van der Waals surface area contributed by atoms with Gasteiger partial charge in [-0.2, -0.15) is 0 Å². The van der Waals surface area contributed by atoms with Crippen LogP contribution in [0.15, 0.2) is 24.5 Å². The van der Waals surface area contributed by atoms with Gasteiger partial charge in [0.05, 0.1) is 12.1 Å². The van der Waals surface area contributed by atoms with Crippen molar-refractivity contribution in [3.8, 4) is 0 Å². The van der Waals surface area contributed by atoms with Crippen LogP contribution in [0.1, 0.15) is 38.8 Å². The summed E-state index contributed by atoms with van der Waals surface area (Å²) in [4.78, 5) is 15.8. The summed E-state index contributed by atoms with van der Waals surface area (Å²) in [5.74, 6) is 0.329. The highest BCUT2D eigenvalue weighted by atomic mass is 16.2. The maximum absolute atomic E-state index is 11.8. The summed E-state index contributed by atoms with van der Waals surface area (Å²) in [7, 11) is 0. The molecular formula is C13H21N3O. The Bertz CT molecular complexity index is 351. The molecule has 2 atom stereocenters. The summed E-state index contributed by atoms with van der Waals surface area (Å²) in [6, 6.07) is 3.31. The molecule has 3 N–H and O–H groups in total. The average molecular weight is 235 g/mol. The van der Waals surface area contributed by atoms with Crippen molar-refractivity contribution in [2.45, 2.75) is 39.3 Å². The lowest BCUT2D eigenvalue weighted by Gasteiger charge is -2.18. The summed E-state index contributed by atoms with van der Waals surface area (Å²) in [6.45, 7) is 6.05. The maximum atomic E-state index is 11.8. The van der Waals surface area contributed by atoms with E-state index in [1.807, 2.05) is 19.1 Å². The average Bonchev–Trinajstić information content (AvgIpc) is 2.29. The fraction of sp³-hybridized carbons (Fsp3) is 0.538. The predicted octanol–water partition coefficient (Wildman–Crippen LogP) is 1.63. The van der Waals surface area contributed by atoms with E-state index in [0.29, 0.717) is 12.3 Å². The number of aromatic nitrogens is 1. The molecule has 1 amide bonds. The Morgan fingerprint density at radius 3 is 2.47 bits per heavy atom. The Labute approximate surface area is 103 Å². The molecule has 0 aliphatic rings. The summed E-state index contributed by atoms with van der Waals surface area (Å²) < 4.78 is 0. The monoisotopic (exact) mass is 235 g/mol. The van der Waals surface area contributed by atoms with Gasteiger partial charge in [-0.05, 0) is 37.0 Å². The lowest BCUT2D eigenvalue weighted by atomic mass is 10.0. The first kappa shape index (κ1) is 13.6. The van der Waals surface area contributed by atoms with E-state index in [2.05, 4.69) is 24.1 Å². The third-order valence-electron chi connectivity index (χ3n) is 2.63. The third-order valence-corrected chi connectivity index (χ3v) is 2.63. The van der Waals surface area contributed by atoms with Gasteiger partial charge in [0.25, 0.3) is 0 Å². The van der Waals surface area contributed by atoms with Gasteiger partial charge in [-0.25, -0.2) is 0 Å². The largest absolute Gasteiger partial charge is 0.348 e. The van der Waals surface area contributed by atoms with Crippen molar-refractivity contribution in [2.75, 3.05) is 0 Å². The fourth-order valence-electron chi connectivity index (χ4n) is 1.67. The van der Waals surface area contributed by atoms with Gasteiger partial charge in [0, 0.05) is 12.4 Å². The number of carbonyl (C=O) groups excluding carboxylic acids is 1. The van der Waals surface area contributed by atoms with Gasteiger partial charge in [-0.15, -0.1) is 0 Å². The Kier molecular flexibility index (Phi) is 5.10. The van der Waals surface area contributed by atoms with Crippen molar-refractivity contribution in [3.63, 3.8) is 0 Å². The van der Waals surface area contributed by atoms with E-state index in [1.165, 1.54) is 0 Å². The van der Waals surface area contributed by atoms with Crippen LogP contribution in [0.3, 0.4) is 0 Å². The normalized spacial score (nSPS) is 14.4. The van der Waals surface area contributed by atoms with Gasteiger partial charge >= 0.3 is 0 Å². The number of nitrogens with zero attached hydrogens (tertiary/aromatic N) is 1. The summed E-state index contributed by atoms with van der Waals surface area (Å²) in [5.41, 5.74) is 6.85. The van der Waals surface area contributed by atoms with Gasteiger partial charge in [0.1, 0.15) is 0 Å². The highest BCUT2D eigenvalue weighted by molar-refractivity contribution is 5.81. The molecule has 17 heavy (non-hydrogen) atoms. The van der Waals surface area contributed by atoms with Crippen LogP contribution in [0.25, 0.3) is 0 Å².